The average Bonchev–Trinajstić information content (AvgIpc) is 3.01. The van der Waals surface area contributed by atoms with Crippen LogP contribution in [0.4, 0.5) is 0 Å². The van der Waals surface area contributed by atoms with Crippen molar-refractivity contribution in [3.63, 3.8) is 0 Å². The van der Waals surface area contributed by atoms with Crippen LogP contribution >= 0.6 is 11.6 Å². The number of benzene rings is 3. The number of esters is 3. The van der Waals surface area contributed by atoms with Crippen molar-refractivity contribution in [2.24, 2.45) is 0 Å². The Morgan fingerprint density at radius 3 is 2.11 bits per heavy atom. The first kappa shape index (κ1) is 32.0. The topological polar surface area (TPSA) is 132 Å². The zero-order valence-electron chi connectivity index (χ0n) is 25.0. The monoisotopic (exact) mass is 635 g/mol. The van der Waals surface area contributed by atoms with Gasteiger partial charge in [0.25, 0.3) is 0 Å². The SMILES string of the molecule is CCN(CC)CCCCOc1ccc(/C(=C(/Cl)c2ccc3c4c2OC(=O)CC(O)(CC(=O)O3)C(=O)O4)c2ccc(O)cc2)cc1. The third-order valence-electron chi connectivity index (χ3n) is 7.75. The van der Waals surface area contributed by atoms with E-state index in [1.807, 2.05) is 24.3 Å². The molecule has 3 aromatic carbocycles. The predicted molar refractivity (Wildman–Crippen MR) is 166 cm³/mol. The Balaban J connectivity index is 1.52. The molecule has 0 saturated heterocycles. The molecule has 45 heavy (non-hydrogen) atoms. The van der Waals surface area contributed by atoms with Crippen LogP contribution in [0.3, 0.4) is 0 Å². The number of fused-ring (bicyclic) bond motifs is 2. The highest BCUT2D eigenvalue weighted by Crippen LogP contribution is 2.49. The number of nitrogens with zero attached hydrogens (tertiary/aromatic N) is 1. The quantitative estimate of drug-likeness (QED) is 0.124. The number of carbonyl (C=O) groups excluding carboxylic acids is 3. The van der Waals surface area contributed by atoms with Crippen molar-refractivity contribution in [2.75, 3.05) is 26.2 Å². The van der Waals surface area contributed by atoms with E-state index in [4.69, 9.17) is 30.5 Å². The average molecular weight is 636 g/mol. The van der Waals surface area contributed by atoms with E-state index in [1.54, 1.807) is 12.1 Å². The number of unbranched alkanes of at least 4 members (excludes halogenated alkanes) is 1. The molecular weight excluding hydrogens is 602 g/mol. The van der Waals surface area contributed by atoms with Gasteiger partial charge in [0.05, 0.1) is 24.5 Å². The molecule has 10 nitrogen and oxygen atoms in total. The summed E-state index contributed by atoms with van der Waals surface area (Å²) >= 11 is 7.09. The standard InChI is InChI=1S/C34H34ClNO9/c1-3-36(4-2)17-5-6-18-42-24-13-9-22(10-14-24)29(21-7-11-23(37)12-8-21)30(35)25-15-16-26-32-31(25)44-28(39)20-34(41,33(40)45-32)19-27(38)43-26/h7-16,37,41H,3-6,17-20H2,1-2H3/b30-29+. The molecule has 3 aromatic rings. The van der Waals surface area contributed by atoms with Gasteiger partial charge in [-0.1, -0.05) is 49.7 Å². The second kappa shape index (κ2) is 13.7. The third-order valence-corrected chi connectivity index (χ3v) is 8.14. The molecule has 0 radical (unpaired) electrons. The Labute approximate surface area is 265 Å². The van der Waals surface area contributed by atoms with Crippen molar-refractivity contribution in [2.45, 2.75) is 45.1 Å². The van der Waals surface area contributed by atoms with Crippen LogP contribution in [-0.2, 0) is 14.4 Å². The fourth-order valence-electron chi connectivity index (χ4n) is 5.24. The van der Waals surface area contributed by atoms with E-state index < -0.39 is 36.4 Å². The summed E-state index contributed by atoms with van der Waals surface area (Å²) in [5.41, 5.74) is -0.478. The minimum atomic E-state index is -2.44. The number of carbonyl (C=O) groups is 3. The van der Waals surface area contributed by atoms with Crippen LogP contribution in [-0.4, -0.2) is 64.9 Å². The van der Waals surface area contributed by atoms with Gasteiger partial charge in [-0.05, 0) is 80.0 Å². The lowest BCUT2D eigenvalue weighted by Gasteiger charge is -2.30. The van der Waals surface area contributed by atoms with Crippen LogP contribution < -0.4 is 18.9 Å². The van der Waals surface area contributed by atoms with Crippen LogP contribution in [0, 0.1) is 0 Å². The Morgan fingerprint density at radius 1 is 0.844 bits per heavy atom. The summed E-state index contributed by atoms with van der Waals surface area (Å²) in [6, 6.07) is 16.5. The van der Waals surface area contributed by atoms with E-state index >= 15 is 0 Å². The highest BCUT2D eigenvalue weighted by molar-refractivity contribution is 6.53. The Bertz CT molecular complexity index is 1610. The van der Waals surface area contributed by atoms with Crippen LogP contribution in [0.1, 0.15) is 56.2 Å². The van der Waals surface area contributed by atoms with Crippen LogP contribution in [0.15, 0.2) is 60.7 Å². The van der Waals surface area contributed by atoms with Gasteiger partial charge in [0.2, 0.25) is 5.75 Å². The van der Waals surface area contributed by atoms with E-state index in [2.05, 4.69) is 18.7 Å². The van der Waals surface area contributed by atoms with Crippen molar-refractivity contribution in [3.8, 4) is 28.7 Å². The zero-order valence-corrected chi connectivity index (χ0v) is 25.8. The fourth-order valence-corrected chi connectivity index (χ4v) is 5.61. The lowest BCUT2D eigenvalue weighted by molar-refractivity contribution is -0.170. The van der Waals surface area contributed by atoms with Gasteiger partial charge in [-0.25, -0.2) is 4.79 Å². The minimum absolute atomic E-state index is 0.0537. The lowest BCUT2D eigenvalue weighted by Crippen LogP contribution is -2.48. The number of halogens is 1. The number of ether oxygens (including phenoxy) is 4. The molecule has 2 N–H and O–H groups in total. The van der Waals surface area contributed by atoms with E-state index in [9.17, 15) is 24.6 Å². The van der Waals surface area contributed by atoms with Gasteiger partial charge in [0, 0.05) is 11.1 Å². The summed E-state index contributed by atoms with van der Waals surface area (Å²) in [7, 11) is 0. The molecule has 0 saturated carbocycles. The number of hydrogen-bond acceptors (Lipinski definition) is 10. The van der Waals surface area contributed by atoms with Gasteiger partial charge in [0.15, 0.2) is 17.1 Å². The largest absolute Gasteiger partial charge is 0.508 e. The first-order valence-electron chi connectivity index (χ1n) is 14.8. The van der Waals surface area contributed by atoms with Crippen LogP contribution in [0.25, 0.3) is 10.6 Å². The minimum Gasteiger partial charge on any atom is -0.508 e. The number of aromatic hydroxyl groups is 1. The van der Waals surface area contributed by atoms with E-state index in [0.717, 1.165) is 32.5 Å². The number of phenolic OH excluding ortho intramolecular Hbond substituents is 1. The van der Waals surface area contributed by atoms with E-state index in [-0.39, 0.29) is 33.6 Å². The van der Waals surface area contributed by atoms with Crippen molar-refractivity contribution in [3.05, 3.63) is 77.4 Å². The summed E-state index contributed by atoms with van der Waals surface area (Å²) in [6.45, 7) is 7.95. The molecule has 2 aliphatic heterocycles. The fraction of sp³-hybridized carbons (Fsp3) is 0.324. The van der Waals surface area contributed by atoms with Crippen molar-refractivity contribution in [1.29, 1.82) is 0 Å². The molecule has 11 heteroatoms. The highest BCUT2D eigenvalue weighted by atomic mass is 35.5. The summed E-state index contributed by atoms with van der Waals surface area (Å²) in [5, 5.41) is 20.8. The molecular formula is C34H34ClNO9. The molecule has 0 spiro atoms. The summed E-state index contributed by atoms with van der Waals surface area (Å²) in [4.78, 5) is 40.6. The molecule has 2 heterocycles. The summed E-state index contributed by atoms with van der Waals surface area (Å²) in [6.07, 6.45) is 0.344. The van der Waals surface area contributed by atoms with Crippen molar-refractivity contribution in [1.82, 2.24) is 4.90 Å². The lowest BCUT2D eigenvalue weighted by atomic mass is 9.93. The molecule has 2 bridgehead atoms. The highest BCUT2D eigenvalue weighted by Gasteiger charge is 2.48. The first-order chi connectivity index (χ1) is 21.6. The van der Waals surface area contributed by atoms with E-state index in [0.29, 0.717) is 29.1 Å². The molecule has 236 valence electrons. The van der Waals surface area contributed by atoms with Gasteiger partial charge in [-0.15, -0.1) is 0 Å². The van der Waals surface area contributed by atoms with Crippen molar-refractivity contribution >= 4 is 40.1 Å². The normalized spacial score (nSPS) is 18.2. The van der Waals surface area contributed by atoms with Crippen LogP contribution in [0.2, 0.25) is 0 Å². The van der Waals surface area contributed by atoms with Gasteiger partial charge >= 0.3 is 17.9 Å². The maximum Gasteiger partial charge on any atom is 0.345 e. The van der Waals surface area contributed by atoms with Crippen LogP contribution in [0.5, 0.6) is 28.7 Å². The number of rotatable bonds is 11. The molecule has 5 rings (SSSR count). The molecule has 0 amide bonds. The second-order valence-electron chi connectivity index (χ2n) is 10.8. The van der Waals surface area contributed by atoms with Gasteiger partial charge in [-0.2, -0.15) is 0 Å². The van der Waals surface area contributed by atoms with Gasteiger partial charge in [-0.3, -0.25) is 9.59 Å². The number of phenols is 1. The zero-order chi connectivity index (χ0) is 32.1. The Hall–Kier alpha value is -4.38. The Morgan fingerprint density at radius 2 is 1.47 bits per heavy atom. The summed E-state index contributed by atoms with van der Waals surface area (Å²) in [5.74, 6) is -3.09. The molecule has 1 unspecified atom stereocenters. The summed E-state index contributed by atoms with van der Waals surface area (Å²) < 4.78 is 22.3. The molecule has 0 aliphatic carbocycles. The first-order valence-corrected chi connectivity index (χ1v) is 15.2. The predicted octanol–water partition coefficient (Wildman–Crippen LogP) is 5.30. The Kier molecular flexibility index (Phi) is 9.77. The number of aliphatic hydroxyl groups is 1. The molecule has 1 atom stereocenters. The maximum atomic E-state index is 12.9. The van der Waals surface area contributed by atoms with Gasteiger partial charge in [0.1, 0.15) is 11.5 Å². The molecule has 2 aliphatic rings. The molecule has 0 fully saturated rings. The molecule has 0 aromatic heterocycles. The number of hydrogen-bond donors (Lipinski definition) is 2. The third kappa shape index (κ3) is 7.14. The van der Waals surface area contributed by atoms with Gasteiger partial charge < -0.3 is 34.1 Å². The van der Waals surface area contributed by atoms with Crippen molar-refractivity contribution < 1.29 is 43.5 Å². The second-order valence-corrected chi connectivity index (χ2v) is 11.2. The maximum absolute atomic E-state index is 12.9. The van der Waals surface area contributed by atoms with E-state index in [1.165, 1.54) is 24.3 Å². The smallest absolute Gasteiger partial charge is 0.345 e.